The summed E-state index contributed by atoms with van der Waals surface area (Å²) in [6.45, 7) is 18.3. The molecule has 0 saturated carbocycles. The minimum Gasteiger partial charge on any atom is -0.507 e. The summed E-state index contributed by atoms with van der Waals surface area (Å²) in [5, 5.41) is 10.8. The summed E-state index contributed by atoms with van der Waals surface area (Å²) in [6, 6.07) is 3.90. The van der Waals surface area contributed by atoms with Gasteiger partial charge in [-0.3, -0.25) is 4.57 Å². The minimum absolute atomic E-state index is 0.106. The van der Waals surface area contributed by atoms with Crippen LogP contribution in [0.25, 0.3) is 0 Å². The highest BCUT2D eigenvalue weighted by Gasteiger charge is 2.42. The summed E-state index contributed by atoms with van der Waals surface area (Å²) in [6.07, 6.45) is 0.825. The second-order valence-electron chi connectivity index (χ2n) is 10.3. The Labute approximate surface area is 158 Å². The molecule has 0 radical (unpaired) electrons. The summed E-state index contributed by atoms with van der Waals surface area (Å²) < 4.78 is 25.0. The molecular formula is C21H35O4P. The van der Waals surface area contributed by atoms with Crippen LogP contribution in [0.5, 0.6) is 5.75 Å². The number of hydrogen-bond donors (Lipinski definition) is 1. The Morgan fingerprint density at radius 2 is 1.58 bits per heavy atom. The minimum atomic E-state index is -3.25. The monoisotopic (exact) mass is 382 g/mol. The standard InChI is InChI=1S/C21H35O4P/c1-14-12-21(8,9)25-26(23,24-14)13-15-10-16(19(2,3)4)18(22)17(11-15)20(5,6)7/h10-11,14,22H,12-13H2,1-9H3. The number of aromatic hydroxyl groups is 1. The normalized spacial score (nSPS) is 26.7. The Hall–Kier alpha value is -0.830. The first-order chi connectivity index (χ1) is 11.5. The van der Waals surface area contributed by atoms with E-state index in [1.54, 1.807) is 0 Å². The Kier molecular flexibility index (Phi) is 5.49. The molecule has 2 atom stereocenters. The second kappa shape index (κ2) is 6.65. The zero-order valence-corrected chi connectivity index (χ0v) is 18.7. The molecule has 1 N–H and O–H groups in total. The van der Waals surface area contributed by atoms with E-state index in [-0.39, 0.29) is 23.1 Å². The van der Waals surface area contributed by atoms with Gasteiger partial charge in [0.15, 0.2) is 0 Å². The first-order valence-electron chi connectivity index (χ1n) is 9.37. The van der Waals surface area contributed by atoms with Crippen molar-refractivity contribution >= 4 is 7.60 Å². The molecule has 2 unspecified atom stereocenters. The zero-order chi connectivity index (χ0) is 20.1. The van der Waals surface area contributed by atoms with Gasteiger partial charge in [-0.25, -0.2) is 0 Å². The summed E-state index contributed by atoms with van der Waals surface area (Å²) in [4.78, 5) is 0. The molecule has 0 aromatic heterocycles. The van der Waals surface area contributed by atoms with E-state index >= 15 is 0 Å². The van der Waals surface area contributed by atoms with Gasteiger partial charge in [0.25, 0.3) is 0 Å². The topological polar surface area (TPSA) is 55.8 Å². The van der Waals surface area contributed by atoms with Gasteiger partial charge >= 0.3 is 7.60 Å². The molecule has 0 bridgehead atoms. The van der Waals surface area contributed by atoms with Crippen molar-refractivity contribution in [1.82, 2.24) is 0 Å². The summed E-state index contributed by atoms with van der Waals surface area (Å²) in [7, 11) is -3.25. The van der Waals surface area contributed by atoms with Gasteiger partial charge in [-0.2, -0.15) is 0 Å². The van der Waals surface area contributed by atoms with Crippen LogP contribution >= 0.6 is 7.60 Å². The predicted molar refractivity (Wildman–Crippen MR) is 107 cm³/mol. The van der Waals surface area contributed by atoms with Crippen LogP contribution in [-0.2, 0) is 30.6 Å². The molecule has 1 saturated heterocycles. The molecule has 1 aliphatic heterocycles. The van der Waals surface area contributed by atoms with Crippen molar-refractivity contribution in [3.63, 3.8) is 0 Å². The van der Waals surface area contributed by atoms with Crippen LogP contribution in [0.15, 0.2) is 12.1 Å². The third-order valence-electron chi connectivity index (χ3n) is 4.67. The lowest BCUT2D eigenvalue weighted by Gasteiger charge is -2.39. The van der Waals surface area contributed by atoms with E-state index < -0.39 is 13.2 Å². The quantitative estimate of drug-likeness (QED) is 0.611. The van der Waals surface area contributed by atoms with Gasteiger partial charge in [0.2, 0.25) is 0 Å². The van der Waals surface area contributed by atoms with Crippen LogP contribution in [0.2, 0.25) is 0 Å². The average molecular weight is 382 g/mol. The van der Waals surface area contributed by atoms with Gasteiger partial charge in [-0.05, 0) is 48.3 Å². The highest BCUT2D eigenvalue weighted by Crippen LogP contribution is 2.60. The van der Waals surface area contributed by atoms with Gasteiger partial charge in [-0.1, -0.05) is 53.7 Å². The van der Waals surface area contributed by atoms with Crippen molar-refractivity contribution in [3.05, 3.63) is 28.8 Å². The summed E-state index contributed by atoms with van der Waals surface area (Å²) in [5.74, 6) is 0.325. The summed E-state index contributed by atoms with van der Waals surface area (Å²) >= 11 is 0. The largest absolute Gasteiger partial charge is 0.507 e. The highest BCUT2D eigenvalue weighted by molar-refractivity contribution is 7.53. The van der Waals surface area contributed by atoms with E-state index in [1.807, 2.05) is 32.9 Å². The highest BCUT2D eigenvalue weighted by atomic mass is 31.2. The van der Waals surface area contributed by atoms with Crippen LogP contribution in [0.4, 0.5) is 0 Å². The molecule has 1 aromatic carbocycles. The molecular weight excluding hydrogens is 347 g/mol. The van der Waals surface area contributed by atoms with Crippen molar-refractivity contribution in [2.45, 2.75) is 97.4 Å². The average Bonchev–Trinajstić information content (AvgIpc) is 2.34. The van der Waals surface area contributed by atoms with E-state index in [4.69, 9.17) is 9.05 Å². The number of benzene rings is 1. The molecule has 1 fully saturated rings. The molecule has 1 aromatic rings. The molecule has 0 aliphatic carbocycles. The van der Waals surface area contributed by atoms with Crippen molar-refractivity contribution in [3.8, 4) is 5.75 Å². The molecule has 26 heavy (non-hydrogen) atoms. The van der Waals surface area contributed by atoms with Gasteiger partial charge in [0.1, 0.15) is 5.75 Å². The lowest BCUT2D eigenvalue weighted by molar-refractivity contribution is -0.0139. The number of phenolic OH excluding ortho intramolecular Hbond substituents is 1. The van der Waals surface area contributed by atoms with E-state index in [1.165, 1.54) is 0 Å². The van der Waals surface area contributed by atoms with Crippen LogP contribution < -0.4 is 0 Å². The molecule has 5 heteroatoms. The van der Waals surface area contributed by atoms with Crippen molar-refractivity contribution in [2.75, 3.05) is 0 Å². The fourth-order valence-corrected chi connectivity index (χ4v) is 5.92. The third-order valence-corrected chi connectivity index (χ3v) is 6.87. The molecule has 4 nitrogen and oxygen atoms in total. The smallest absolute Gasteiger partial charge is 0.335 e. The lowest BCUT2D eigenvalue weighted by Crippen LogP contribution is -2.34. The van der Waals surface area contributed by atoms with Crippen LogP contribution in [-0.4, -0.2) is 16.8 Å². The van der Waals surface area contributed by atoms with Crippen molar-refractivity contribution in [2.24, 2.45) is 0 Å². The van der Waals surface area contributed by atoms with Crippen molar-refractivity contribution < 1.29 is 18.7 Å². The van der Waals surface area contributed by atoms with Crippen LogP contribution in [0.1, 0.15) is 85.4 Å². The molecule has 1 heterocycles. The van der Waals surface area contributed by atoms with E-state index in [2.05, 4.69) is 41.5 Å². The maximum Gasteiger partial charge on any atom is 0.335 e. The SMILES string of the molecule is CC1CC(C)(C)OP(=O)(Cc2cc(C(C)(C)C)c(O)c(C(C)(C)C)c2)O1. The number of phenols is 1. The number of rotatable bonds is 2. The van der Waals surface area contributed by atoms with Gasteiger partial charge < -0.3 is 14.2 Å². The van der Waals surface area contributed by atoms with Gasteiger partial charge in [0, 0.05) is 6.42 Å². The zero-order valence-electron chi connectivity index (χ0n) is 17.8. The Morgan fingerprint density at radius 3 is 1.96 bits per heavy atom. The molecule has 1 aliphatic rings. The van der Waals surface area contributed by atoms with E-state index in [0.717, 1.165) is 16.7 Å². The fraction of sp³-hybridized carbons (Fsp3) is 0.714. The number of hydrogen-bond acceptors (Lipinski definition) is 4. The summed E-state index contributed by atoms with van der Waals surface area (Å²) in [5.41, 5.74) is 1.67. The molecule has 0 amide bonds. The van der Waals surface area contributed by atoms with Crippen LogP contribution in [0, 0.1) is 0 Å². The Morgan fingerprint density at radius 1 is 1.12 bits per heavy atom. The van der Waals surface area contributed by atoms with Crippen molar-refractivity contribution in [1.29, 1.82) is 0 Å². The Bertz CT molecular complexity index is 688. The predicted octanol–water partition coefficient (Wildman–Crippen LogP) is 6.28. The second-order valence-corrected chi connectivity index (χ2v) is 12.2. The fourth-order valence-electron chi connectivity index (χ4n) is 3.66. The van der Waals surface area contributed by atoms with E-state index in [0.29, 0.717) is 12.2 Å². The molecule has 0 spiro atoms. The maximum absolute atomic E-state index is 13.3. The third kappa shape index (κ3) is 4.91. The molecule has 148 valence electrons. The lowest BCUT2D eigenvalue weighted by atomic mass is 9.78. The first-order valence-corrected chi connectivity index (χ1v) is 11.1. The maximum atomic E-state index is 13.3. The first kappa shape index (κ1) is 21.5. The van der Waals surface area contributed by atoms with Gasteiger partial charge in [-0.15, -0.1) is 0 Å². The van der Waals surface area contributed by atoms with Gasteiger partial charge in [0.05, 0.1) is 17.9 Å². The molecule has 2 rings (SSSR count). The Balaban J connectivity index is 2.51. The van der Waals surface area contributed by atoms with E-state index in [9.17, 15) is 9.67 Å². The van der Waals surface area contributed by atoms with Crippen LogP contribution in [0.3, 0.4) is 0 Å².